The molecule has 2 saturated heterocycles. The molecule has 0 saturated carbocycles. The number of carbonyl (C=O) groups is 1. The van der Waals surface area contributed by atoms with E-state index in [1.165, 1.54) is 23.0 Å². The van der Waals surface area contributed by atoms with Crippen LogP contribution in [0, 0.1) is 18.3 Å². The Morgan fingerprint density at radius 3 is 2.40 bits per heavy atom. The minimum atomic E-state index is -4.42. The van der Waals surface area contributed by atoms with Crippen LogP contribution in [0.25, 0.3) is 5.69 Å². The lowest BCUT2D eigenvalue weighted by Crippen LogP contribution is -2.49. The highest BCUT2D eigenvalue weighted by Crippen LogP contribution is 2.31. The van der Waals surface area contributed by atoms with Gasteiger partial charge in [-0.15, -0.1) is 0 Å². The fourth-order valence-electron chi connectivity index (χ4n) is 5.26. The molecule has 2 aliphatic heterocycles. The molecular formula is C28H30F3N7O2. The van der Waals surface area contributed by atoms with Crippen LogP contribution in [0.4, 0.5) is 35.0 Å². The Hall–Kier alpha value is -4.08. The van der Waals surface area contributed by atoms with Gasteiger partial charge in [0.2, 0.25) is 0 Å². The van der Waals surface area contributed by atoms with Crippen molar-refractivity contribution in [2.24, 2.45) is 0 Å². The highest BCUT2D eigenvalue weighted by Gasteiger charge is 2.30. The molecule has 5 rings (SSSR count). The van der Waals surface area contributed by atoms with Crippen LogP contribution in [0.3, 0.4) is 0 Å². The van der Waals surface area contributed by atoms with Crippen molar-refractivity contribution in [3.63, 3.8) is 0 Å². The van der Waals surface area contributed by atoms with Crippen molar-refractivity contribution in [2.45, 2.75) is 32.0 Å². The third-order valence-corrected chi connectivity index (χ3v) is 7.44. The summed E-state index contributed by atoms with van der Waals surface area (Å²) in [4.78, 5) is 17.4. The van der Waals surface area contributed by atoms with E-state index in [0.29, 0.717) is 34.4 Å². The summed E-state index contributed by atoms with van der Waals surface area (Å²) in [7, 11) is 0. The number of benzene rings is 2. The Kier molecular flexibility index (Phi) is 7.95. The summed E-state index contributed by atoms with van der Waals surface area (Å²) < 4.78 is 45.5. The largest absolute Gasteiger partial charge is 0.416 e. The second-order valence-corrected chi connectivity index (χ2v) is 9.89. The number of nitrogens with one attached hydrogen (secondary N) is 2. The second kappa shape index (κ2) is 11.6. The van der Waals surface area contributed by atoms with Gasteiger partial charge in [-0.2, -0.15) is 23.5 Å². The molecule has 0 spiro atoms. The average Bonchev–Trinajstić information content (AvgIpc) is 3.32. The maximum Gasteiger partial charge on any atom is 0.416 e. The molecule has 12 heteroatoms. The van der Waals surface area contributed by atoms with Crippen LogP contribution in [0.1, 0.15) is 29.7 Å². The van der Waals surface area contributed by atoms with E-state index in [2.05, 4.69) is 31.6 Å². The van der Waals surface area contributed by atoms with Crippen LogP contribution >= 0.6 is 0 Å². The predicted molar refractivity (Wildman–Crippen MR) is 145 cm³/mol. The molecule has 0 unspecified atom stereocenters. The Morgan fingerprint density at radius 2 is 1.75 bits per heavy atom. The van der Waals surface area contributed by atoms with E-state index < -0.39 is 17.8 Å². The van der Waals surface area contributed by atoms with Gasteiger partial charge in [0.25, 0.3) is 0 Å². The normalized spacial score (nSPS) is 16.9. The van der Waals surface area contributed by atoms with Gasteiger partial charge in [-0.3, -0.25) is 4.90 Å². The number of urea groups is 1. The quantitative estimate of drug-likeness (QED) is 0.461. The van der Waals surface area contributed by atoms with E-state index in [1.54, 1.807) is 19.1 Å². The molecule has 3 heterocycles. The SMILES string of the molecule is Cc1c(NC(=O)Nc2ccc(N3CCC(N4CCOCC4)CC3)c(C#N)c2)cnn1-c1ccc(C(F)(F)F)cc1. The Balaban J connectivity index is 1.20. The molecule has 2 fully saturated rings. The number of hydrogen-bond acceptors (Lipinski definition) is 6. The molecule has 0 radical (unpaired) electrons. The molecule has 0 atom stereocenters. The van der Waals surface area contributed by atoms with Gasteiger partial charge < -0.3 is 20.3 Å². The van der Waals surface area contributed by atoms with E-state index in [4.69, 9.17) is 4.74 Å². The van der Waals surface area contributed by atoms with Crippen LogP contribution < -0.4 is 15.5 Å². The number of piperidine rings is 1. The molecule has 0 bridgehead atoms. The maximum absolute atomic E-state index is 12.9. The molecule has 9 nitrogen and oxygen atoms in total. The lowest BCUT2D eigenvalue weighted by molar-refractivity contribution is -0.137. The first-order chi connectivity index (χ1) is 19.2. The smallest absolute Gasteiger partial charge is 0.379 e. The molecule has 3 aromatic rings. The van der Waals surface area contributed by atoms with Crippen LogP contribution in [0.15, 0.2) is 48.7 Å². The van der Waals surface area contributed by atoms with Gasteiger partial charge in [-0.25, -0.2) is 9.48 Å². The van der Waals surface area contributed by atoms with Crippen LogP contribution in [0.5, 0.6) is 0 Å². The average molecular weight is 554 g/mol. The lowest BCUT2D eigenvalue weighted by atomic mass is 10.0. The number of halogens is 3. The summed E-state index contributed by atoms with van der Waals surface area (Å²) in [5.74, 6) is 0. The van der Waals surface area contributed by atoms with Crippen molar-refractivity contribution in [3.8, 4) is 11.8 Å². The molecule has 40 heavy (non-hydrogen) atoms. The Labute approximate surface area is 230 Å². The third-order valence-electron chi connectivity index (χ3n) is 7.44. The number of carbonyl (C=O) groups excluding carboxylic acids is 1. The number of nitrogens with zero attached hydrogens (tertiary/aromatic N) is 5. The van der Waals surface area contributed by atoms with Gasteiger partial charge in [-0.05, 0) is 62.2 Å². The number of rotatable bonds is 5. The summed E-state index contributed by atoms with van der Waals surface area (Å²) >= 11 is 0. The predicted octanol–water partition coefficient (Wildman–Crippen LogP) is 5.02. The molecule has 2 amide bonds. The topological polar surface area (TPSA) is 98.4 Å². The van der Waals surface area contributed by atoms with Gasteiger partial charge in [0.05, 0.1) is 53.3 Å². The fourth-order valence-corrected chi connectivity index (χ4v) is 5.26. The van der Waals surface area contributed by atoms with Crippen LogP contribution in [-0.2, 0) is 10.9 Å². The second-order valence-electron chi connectivity index (χ2n) is 9.89. The van der Waals surface area contributed by atoms with Crippen molar-refractivity contribution in [2.75, 3.05) is 54.9 Å². The van der Waals surface area contributed by atoms with Gasteiger partial charge >= 0.3 is 12.2 Å². The lowest BCUT2D eigenvalue weighted by Gasteiger charge is -2.41. The number of nitriles is 1. The number of morpholine rings is 1. The number of anilines is 3. The van der Waals surface area contributed by atoms with E-state index >= 15 is 0 Å². The summed E-state index contributed by atoms with van der Waals surface area (Å²) in [5, 5.41) is 19.5. The van der Waals surface area contributed by atoms with Crippen molar-refractivity contribution in [1.29, 1.82) is 5.26 Å². The first-order valence-electron chi connectivity index (χ1n) is 13.1. The highest BCUT2D eigenvalue weighted by atomic mass is 19.4. The number of aromatic nitrogens is 2. The Morgan fingerprint density at radius 1 is 1.05 bits per heavy atom. The summed E-state index contributed by atoms with van der Waals surface area (Å²) in [6.45, 7) is 6.89. The molecule has 0 aliphatic carbocycles. The Bertz CT molecular complexity index is 1380. The number of alkyl halides is 3. The van der Waals surface area contributed by atoms with Gasteiger partial charge in [0.1, 0.15) is 6.07 Å². The molecule has 2 N–H and O–H groups in total. The van der Waals surface area contributed by atoms with E-state index in [-0.39, 0.29) is 0 Å². The zero-order chi connectivity index (χ0) is 28.3. The minimum absolute atomic E-state index is 0.401. The maximum atomic E-state index is 12.9. The zero-order valence-corrected chi connectivity index (χ0v) is 22.0. The van der Waals surface area contributed by atoms with E-state index in [1.807, 2.05) is 6.07 Å². The van der Waals surface area contributed by atoms with Crippen molar-refractivity contribution in [3.05, 3.63) is 65.5 Å². The minimum Gasteiger partial charge on any atom is -0.379 e. The van der Waals surface area contributed by atoms with E-state index in [9.17, 15) is 23.2 Å². The third kappa shape index (κ3) is 6.05. The number of ether oxygens (including phenoxy) is 1. The summed E-state index contributed by atoms with van der Waals surface area (Å²) in [6, 6.07) is 12.1. The monoisotopic (exact) mass is 553 g/mol. The zero-order valence-electron chi connectivity index (χ0n) is 22.0. The number of amides is 2. The van der Waals surface area contributed by atoms with Gasteiger partial charge in [0.15, 0.2) is 0 Å². The number of hydrogen-bond donors (Lipinski definition) is 2. The van der Waals surface area contributed by atoms with Gasteiger partial charge in [0, 0.05) is 37.9 Å². The molecule has 2 aliphatic rings. The standard InChI is InChI=1S/C28H30F3N7O2/c1-19-25(18-33-38(19)24-5-2-21(3-6-24)28(29,30)31)35-27(39)34-22-4-7-26(20(16-22)17-32)37-10-8-23(9-11-37)36-12-14-40-15-13-36/h2-7,16,18,23H,8-15H2,1H3,(H2,34,35,39). The van der Waals surface area contributed by atoms with Gasteiger partial charge in [-0.1, -0.05) is 0 Å². The molecule has 2 aromatic carbocycles. The van der Waals surface area contributed by atoms with E-state index in [0.717, 1.165) is 70.1 Å². The molecular weight excluding hydrogens is 523 g/mol. The van der Waals surface area contributed by atoms with Crippen molar-refractivity contribution >= 4 is 23.1 Å². The first-order valence-corrected chi connectivity index (χ1v) is 13.1. The van der Waals surface area contributed by atoms with Crippen LogP contribution in [0.2, 0.25) is 0 Å². The molecule has 1 aromatic heterocycles. The van der Waals surface area contributed by atoms with Crippen LogP contribution in [-0.4, -0.2) is 66.1 Å². The summed E-state index contributed by atoms with van der Waals surface area (Å²) in [6.07, 6.45) is -0.956. The first kappa shape index (κ1) is 27.5. The fraction of sp³-hybridized carbons (Fsp3) is 0.393. The summed E-state index contributed by atoms with van der Waals surface area (Å²) in [5.41, 5.74) is 2.42. The highest BCUT2D eigenvalue weighted by molar-refractivity contribution is 6.00. The van der Waals surface area contributed by atoms with Crippen molar-refractivity contribution in [1.82, 2.24) is 14.7 Å². The molecule has 210 valence electrons. The van der Waals surface area contributed by atoms with Crippen molar-refractivity contribution < 1.29 is 22.7 Å².